The van der Waals surface area contributed by atoms with E-state index in [-0.39, 0.29) is 5.41 Å². The van der Waals surface area contributed by atoms with E-state index in [9.17, 15) is 26.7 Å². The molecule has 0 aliphatic heterocycles. The Bertz CT molecular complexity index is 626. The van der Waals surface area contributed by atoms with Gasteiger partial charge < -0.3 is 10.1 Å². The smallest absolute Gasteiger partial charge is 0.364 e. The van der Waals surface area contributed by atoms with Gasteiger partial charge in [0.05, 0.1) is 12.6 Å². The summed E-state index contributed by atoms with van der Waals surface area (Å²) in [5.41, 5.74) is 2.41. The van der Waals surface area contributed by atoms with Crippen LogP contribution in [0, 0.1) is 11.3 Å². The molecule has 1 N–H and O–H groups in total. The predicted molar refractivity (Wildman–Crippen MR) is 91.3 cm³/mol. The number of ether oxygens (including phenoxy) is 1. The van der Waals surface area contributed by atoms with E-state index < -0.39 is 37.3 Å². The topological polar surface area (TPSA) is 38.3 Å². The lowest BCUT2D eigenvalue weighted by Gasteiger charge is -2.42. The number of carbonyl (C=O) groups excluding carboxylic acids is 1. The maximum Gasteiger partial charge on any atom is 0.455 e. The van der Waals surface area contributed by atoms with Crippen LogP contribution in [0.3, 0.4) is 0 Å². The minimum Gasteiger partial charge on any atom is -0.364 e. The van der Waals surface area contributed by atoms with Crippen LogP contribution in [0.15, 0.2) is 23.3 Å². The molecule has 3 nitrogen and oxygen atoms in total. The zero-order valence-corrected chi connectivity index (χ0v) is 15.8. The van der Waals surface area contributed by atoms with Crippen molar-refractivity contribution in [3.8, 4) is 0 Å². The van der Waals surface area contributed by atoms with E-state index in [4.69, 9.17) is 4.74 Å². The van der Waals surface area contributed by atoms with E-state index in [1.807, 2.05) is 6.92 Å². The van der Waals surface area contributed by atoms with E-state index in [0.717, 1.165) is 31.3 Å². The van der Waals surface area contributed by atoms with Gasteiger partial charge in [0.1, 0.15) is 6.61 Å². The Hall–Kier alpha value is -1.44. The lowest BCUT2D eigenvalue weighted by molar-refractivity contribution is -0.278. The van der Waals surface area contributed by atoms with Crippen molar-refractivity contribution in [2.24, 2.45) is 11.3 Å². The van der Waals surface area contributed by atoms with Crippen LogP contribution in [-0.4, -0.2) is 37.3 Å². The summed E-state index contributed by atoms with van der Waals surface area (Å²) in [6, 6.07) is 0. The molecule has 1 unspecified atom stereocenters. The number of carbonyl (C=O) groups is 1. The Morgan fingerprint density at radius 3 is 2.67 bits per heavy atom. The number of allylic oxidation sites excluding steroid dienone is 3. The van der Waals surface area contributed by atoms with Gasteiger partial charge in [-0.15, -0.1) is 0 Å². The molecule has 0 saturated heterocycles. The third-order valence-electron chi connectivity index (χ3n) is 5.81. The third kappa shape index (κ3) is 4.52. The van der Waals surface area contributed by atoms with Crippen molar-refractivity contribution in [1.82, 2.24) is 5.32 Å². The zero-order chi connectivity index (χ0) is 20.5. The van der Waals surface area contributed by atoms with Crippen LogP contribution in [0.2, 0.25) is 0 Å². The summed E-state index contributed by atoms with van der Waals surface area (Å²) in [4.78, 5) is 11.6. The fourth-order valence-corrected chi connectivity index (χ4v) is 4.28. The fourth-order valence-electron chi connectivity index (χ4n) is 4.28. The average molecular weight is 395 g/mol. The van der Waals surface area contributed by atoms with Crippen LogP contribution < -0.4 is 5.32 Å². The van der Waals surface area contributed by atoms with E-state index in [2.05, 4.69) is 19.1 Å². The minimum atomic E-state index is -5.70. The summed E-state index contributed by atoms with van der Waals surface area (Å²) in [5.74, 6) is -5.56. The van der Waals surface area contributed by atoms with Gasteiger partial charge >= 0.3 is 12.1 Å². The molecule has 2 aliphatic rings. The molecule has 0 spiro atoms. The number of hydrogen-bond acceptors (Lipinski definition) is 2. The average Bonchev–Trinajstić information content (AvgIpc) is 2.93. The number of rotatable bonds is 6. The van der Waals surface area contributed by atoms with Gasteiger partial charge in [-0.05, 0) is 56.4 Å². The Balaban J connectivity index is 1.89. The molecule has 0 aromatic heterocycles. The van der Waals surface area contributed by atoms with E-state index in [1.165, 1.54) is 5.57 Å². The first-order chi connectivity index (χ1) is 12.4. The van der Waals surface area contributed by atoms with Crippen molar-refractivity contribution >= 4 is 5.91 Å². The molecule has 8 heteroatoms. The quantitative estimate of drug-likeness (QED) is 0.519. The van der Waals surface area contributed by atoms with Gasteiger partial charge in [-0.2, -0.15) is 22.0 Å². The highest BCUT2D eigenvalue weighted by atomic mass is 19.4. The zero-order valence-electron chi connectivity index (χ0n) is 15.8. The molecular weight excluding hydrogens is 369 g/mol. The summed E-state index contributed by atoms with van der Waals surface area (Å²) in [5, 5.41) is 1.59. The normalized spacial score (nSPS) is 28.7. The number of hydrogen-bond donors (Lipinski definition) is 1. The van der Waals surface area contributed by atoms with E-state index >= 15 is 0 Å². The monoisotopic (exact) mass is 395 g/mol. The lowest BCUT2D eigenvalue weighted by atomic mass is 9.63. The van der Waals surface area contributed by atoms with E-state index in [0.29, 0.717) is 5.92 Å². The second-order valence-corrected chi connectivity index (χ2v) is 7.51. The molecule has 1 saturated carbocycles. The summed E-state index contributed by atoms with van der Waals surface area (Å²) < 4.78 is 67.5. The molecule has 3 atom stereocenters. The van der Waals surface area contributed by atoms with Crippen LogP contribution in [0.4, 0.5) is 22.0 Å². The first kappa shape index (κ1) is 21.9. The highest BCUT2D eigenvalue weighted by Crippen LogP contribution is 2.55. The van der Waals surface area contributed by atoms with Gasteiger partial charge in [0.15, 0.2) is 0 Å². The molecule has 1 fully saturated rings. The molecular formula is C19H26F5NO2. The molecule has 1 amide bonds. The second kappa shape index (κ2) is 7.89. The standard InChI is InChI=1S/C19H26F5NO2/c1-4-13-6-5-9-17(3)14(7-8-15(13)17)12(2)27-10-16(26)25-11-18(20,21)19(22,23)24/h4,7,12,15H,5-6,8-11H2,1-3H3,(H,25,26)/b13-4+/t12-,15?,17+/m0/s1. The van der Waals surface area contributed by atoms with Crippen LogP contribution in [0.5, 0.6) is 0 Å². The fraction of sp³-hybridized carbons (Fsp3) is 0.737. The summed E-state index contributed by atoms with van der Waals surface area (Å²) in [7, 11) is 0. The molecule has 0 radical (unpaired) electrons. The van der Waals surface area contributed by atoms with Gasteiger partial charge in [0.25, 0.3) is 0 Å². The lowest BCUT2D eigenvalue weighted by Crippen LogP contribution is -2.47. The Labute approximate surface area is 156 Å². The van der Waals surface area contributed by atoms with Gasteiger partial charge in [-0.1, -0.05) is 24.6 Å². The van der Waals surface area contributed by atoms with Crippen molar-refractivity contribution in [3.05, 3.63) is 23.3 Å². The van der Waals surface area contributed by atoms with Crippen LogP contribution >= 0.6 is 0 Å². The Morgan fingerprint density at radius 1 is 1.41 bits per heavy atom. The molecule has 27 heavy (non-hydrogen) atoms. The van der Waals surface area contributed by atoms with E-state index in [1.54, 1.807) is 12.2 Å². The number of fused-ring (bicyclic) bond motifs is 1. The van der Waals surface area contributed by atoms with Crippen LogP contribution in [0.25, 0.3) is 0 Å². The summed E-state index contributed by atoms with van der Waals surface area (Å²) in [6.07, 6.45) is 2.18. The van der Waals surface area contributed by atoms with Crippen molar-refractivity contribution in [1.29, 1.82) is 0 Å². The van der Waals surface area contributed by atoms with Crippen LogP contribution in [0.1, 0.15) is 46.5 Å². The van der Waals surface area contributed by atoms with Gasteiger partial charge in [0, 0.05) is 0 Å². The number of amides is 1. The predicted octanol–water partition coefficient (Wildman–Crippen LogP) is 4.79. The summed E-state index contributed by atoms with van der Waals surface area (Å²) >= 11 is 0. The molecule has 0 aromatic carbocycles. The summed E-state index contributed by atoms with van der Waals surface area (Å²) in [6.45, 7) is 3.62. The second-order valence-electron chi connectivity index (χ2n) is 7.51. The van der Waals surface area contributed by atoms with Crippen molar-refractivity contribution in [2.75, 3.05) is 13.2 Å². The highest BCUT2D eigenvalue weighted by molar-refractivity contribution is 5.77. The third-order valence-corrected chi connectivity index (χ3v) is 5.81. The van der Waals surface area contributed by atoms with Crippen molar-refractivity contribution < 1.29 is 31.5 Å². The number of halogens is 5. The van der Waals surface area contributed by atoms with Gasteiger partial charge in [0.2, 0.25) is 5.91 Å². The molecule has 0 aromatic rings. The molecule has 154 valence electrons. The molecule has 2 rings (SSSR count). The van der Waals surface area contributed by atoms with Crippen molar-refractivity contribution in [3.63, 3.8) is 0 Å². The van der Waals surface area contributed by atoms with Gasteiger partial charge in [-0.25, -0.2) is 0 Å². The first-order valence-electron chi connectivity index (χ1n) is 9.11. The Morgan fingerprint density at radius 2 is 2.07 bits per heavy atom. The number of nitrogens with one attached hydrogen (secondary N) is 1. The van der Waals surface area contributed by atoms with Crippen molar-refractivity contribution in [2.45, 2.75) is 64.7 Å². The maximum absolute atomic E-state index is 12.8. The largest absolute Gasteiger partial charge is 0.455 e. The first-order valence-corrected chi connectivity index (χ1v) is 9.11. The van der Waals surface area contributed by atoms with Gasteiger partial charge in [-0.3, -0.25) is 4.79 Å². The number of alkyl halides is 5. The SMILES string of the molecule is C/C=C1\CCC[C@]2(C)C([C@H](C)OCC(=O)NCC(F)(F)C(F)(F)F)=CCC12. The maximum atomic E-state index is 12.8. The van der Waals surface area contributed by atoms with Crippen LogP contribution in [-0.2, 0) is 9.53 Å². The minimum absolute atomic E-state index is 0.0701. The molecule has 0 heterocycles. The molecule has 2 aliphatic carbocycles. The highest BCUT2D eigenvalue weighted by Gasteiger charge is 2.57. The Kier molecular flexibility index (Phi) is 6.39. The molecule has 0 bridgehead atoms.